The maximum Gasteiger partial charge on any atom is 0.248 e. The molecular formula is C14H23F2NO. The van der Waals surface area contributed by atoms with Crippen molar-refractivity contribution in [3.05, 3.63) is 0 Å². The number of alkyl halides is 2. The van der Waals surface area contributed by atoms with Gasteiger partial charge in [-0.25, -0.2) is 8.78 Å². The van der Waals surface area contributed by atoms with E-state index in [0.29, 0.717) is 31.2 Å². The van der Waals surface area contributed by atoms with E-state index in [0.717, 1.165) is 13.0 Å². The van der Waals surface area contributed by atoms with Crippen LogP contribution in [0.15, 0.2) is 0 Å². The van der Waals surface area contributed by atoms with Gasteiger partial charge < -0.3 is 4.90 Å². The van der Waals surface area contributed by atoms with Gasteiger partial charge in [0.1, 0.15) is 0 Å². The maximum absolute atomic E-state index is 13.0. The lowest BCUT2D eigenvalue weighted by Crippen LogP contribution is -2.37. The minimum atomic E-state index is -2.49. The number of carbonyl (C=O) groups excluding carboxylic acids is 1. The summed E-state index contributed by atoms with van der Waals surface area (Å²) >= 11 is 0. The van der Waals surface area contributed by atoms with Gasteiger partial charge in [-0.2, -0.15) is 0 Å². The van der Waals surface area contributed by atoms with Crippen molar-refractivity contribution in [2.45, 2.75) is 64.3 Å². The SMILES string of the molecule is CC1[C@H](C)CCN1C(=O)CC1CCC(F)(F)CC1. The first-order valence-electron chi connectivity index (χ1n) is 7.06. The monoisotopic (exact) mass is 259 g/mol. The van der Waals surface area contributed by atoms with Crippen molar-refractivity contribution in [2.75, 3.05) is 6.54 Å². The van der Waals surface area contributed by atoms with Crippen LogP contribution >= 0.6 is 0 Å². The zero-order valence-corrected chi connectivity index (χ0v) is 11.3. The van der Waals surface area contributed by atoms with Gasteiger partial charge in [0.15, 0.2) is 0 Å². The van der Waals surface area contributed by atoms with E-state index in [1.54, 1.807) is 0 Å². The second-order valence-electron chi connectivity index (χ2n) is 6.10. The van der Waals surface area contributed by atoms with Crippen molar-refractivity contribution in [1.29, 1.82) is 0 Å². The van der Waals surface area contributed by atoms with E-state index >= 15 is 0 Å². The molecule has 0 aromatic carbocycles. The highest BCUT2D eigenvalue weighted by Gasteiger charge is 2.37. The summed E-state index contributed by atoms with van der Waals surface area (Å²) in [4.78, 5) is 14.1. The summed E-state index contributed by atoms with van der Waals surface area (Å²) in [6, 6.07) is 0.308. The van der Waals surface area contributed by atoms with Crippen LogP contribution in [0.5, 0.6) is 0 Å². The summed E-state index contributed by atoms with van der Waals surface area (Å²) in [6.07, 6.45) is 2.43. The van der Waals surface area contributed by atoms with Crippen molar-refractivity contribution in [2.24, 2.45) is 11.8 Å². The molecule has 2 aliphatic rings. The summed E-state index contributed by atoms with van der Waals surface area (Å²) in [7, 11) is 0. The molecule has 1 heterocycles. The van der Waals surface area contributed by atoms with E-state index in [1.807, 2.05) is 4.90 Å². The van der Waals surface area contributed by atoms with E-state index in [1.165, 1.54) is 0 Å². The molecule has 1 aliphatic carbocycles. The first kappa shape index (κ1) is 13.8. The minimum Gasteiger partial charge on any atom is -0.340 e. The van der Waals surface area contributed by atoms with Gasteiger partial charge in [0, 0.05) is 31.8 Å². The third-order valence-corrected chi connectivity index (χ3v) is 4.76. The van der Waals surface area contributed by atoms with Crippen LogP contribution < -0.4 is 0 Å². The molecule has 0 aromatic heterocycles. The smallest absolute Gasteiger partial charge is 0.248 e. The molecule has 1 saturated carbocycles. The number of halogens is 2. The second-order valence-corrected chi connectivity index (χ2v) is 6.10. The van der Waals surface area contributed by atoms with Gasteiger partial charge in [-0.1, -0.05) is 6.92 Å². The van der Waals surface area contributed by atoms with Crippen molar-refractivity contribution >= 4 is 5.91 Å². The molecule has 0 N–H and O–H groups in total. The molecule has 1 saturated heterocycles. The Morgan fingerprint density at radius 2 is 1.83 bits per heavy atom. The Labute approximate surface area is 108 Å². The molecule has 104 valence electrons. The lowest BCUT2D eigenvalue weighted by atomic mass is 9.84. The maximum atomic E-state index is 13.0. The predicted octanol–water partition coefficient (Wildman–Crippen LogP) is 3.46. The Morgan fingerprint density at radius 3 is 2.33 bits per heavy atom. The van der Waals surface area contributed by atoms with Gasteiger partial charge in [-0.15, -0.1) is 0 Å². The molecule has 0 bridgehead atoms. The summed E-state index contributed by atoms with van der Waals surface area (Å²) in [5, 5.41) is 0. The van der Waals surface area contributed by atoms with Crippen LogP contribution in [-0.4, -0.2) is 29.3 Å². The Kier molecular flexibility index (Phi) is 3.93. The van der Waals surface area contributed by atoms with Crippen molar-refractivity contribution < 1.29 is 13.6 Å². The standard InChI is InChI=1S/C14H23F2NO/c1-10-5-8-17(11(10)2)13(18)9-12-3-6-14(15,16)7-4-12/h10-12H,3-9H2,1-2H3/t10-,11?/m1/s1. The summed E-state index contributed by atoms with van der Waals surface area (Å²) in [5.41, 5.74) is 0. The topological polar surface area (TPSA) is 20.3 Å². The molecular weight excluding hydrogens is 236 g/mol. The quantitative estimate of drug-likeness (QED) is 0.743. The Morgan fingerprint density at radius 1 is 1.22 bits per heavy atom. The van der Waals surface area contributed by atoms with Crippen LogP contribution in [0.25, 0.3) is 0 Å². The van der Waals surface area contributed by atoms with Crippen LogP contribution in [0.3, 0.4) is 0 Å². The largest absolute Gasteiger partial charge is 0.340 e. The lowest BCUT2D eigenvalue weighted by Gasteiger charge is -2.30. The molecule has 2 rings (SSSR count). The normalized spacial score (nSPS) is 32.8. The predicted molar refractivity (Wildman–Crippen MR) is 66.5 cm³/mol. The molecule has 1 amide bonds. The fraction of sp³-hybridized carbons (Fsp3) is 0.929. The number of amides is 1. The third-order valence-electron chi connectivity index (χ3n) is 4.76. The van der Waals surface area contributed by atoms with E-state index in [-0.39, 0.29) is 24.7 Å². The molecule has 1 aliphatic heterocycles. The zero-order valence-electron chi connectivity index (χ0n) is 11.3. The molecule has 18 heavy (non-hydrogen) atoms. The molecule has 4 heteroatoms. The lowest BCUT2D eigenvalue weighted by molar-refractivity contribution is -0.134. The van der Waals surface area contributed by atoms with Gasteiger partial charge in [-0.05, 0) is 38.0 Å². The van der Waals surface area contributed by atoms with Crippen LogP contribution in [0.4, 0.5) is 8.78 Å². The third kappa shape index (κ3) is 3.01. The van der Waals surface area contributed by atoms with Crippen molar-refractivity contribution in [3.8, 4) is 0 Å². The van der Waals surface area contributed by atoms with E-state index in [4.69, 9.17) is 0 Å². The van der Waals surface area contributed by atoms with Crippen LogP contribution in [0.1, 0.15) is 52.4 Å². The molecule has 2 fully saturated rings. The zero-order chi connectivity index (χ0) is 13.3. The fourth-order valence-corrected chi connectivity index (χ4v) is 3.11. The first-order chi connectivity index (χ1) is 8.39. The van der Waals surface area contributed by atoms with E-state index in [2.05, 4.69) is 13.8 Å². The van der Waals surface area contributed by atoms with Crippen molar-refractivity contribution in [3.63, 3.8) is 0 Å². The molecule has 0 aromatic rings. The molecule has 1 unspecified atom stereocenters. The van der Waals surface area contributed by atoms with Crippen molar-refractivity contribution in [1.82, 2.24) is 4.90 Å². The number of likely N-dealkylation sites (tertiary alicyclic amines) is 1. The Balaban J connectivity index is 1.82. The number of nitrogens with zero attached hydrogens (tertiary/aromatic N) is 1. The van der Waals surface area contributed by atoms with Gasteiger partial charge in [-0.3, -0.25) is 4.79 Å². The number of hydrogen-bond acceptors (Lipinski definition) is 1. The molecule has 0 spiro atoms. The number of rotatable bonds is 2. The number of carbonyl (C=O) groups is 1. The second kappa shape index (κ2) is 5.14. The fourth-order valence-electron chi connectivity index (χ4n) is 3.11. The van der Waals surface area contributed by atoms with Crippen LogP contribution in [0.2, 0.25) is 0 Å². The van der Waals surface area contributed by atoms with E-state index in [9.17, 15) is 13.6 Å². The highest BCUT2D eigenvalue weighted by atomic mass is 19.3. The Bertz CT molecular complexity index is 309. The van der Waals surface area contributed by atoms with E-state index < -0.39 is 5.92 Å². The molecule has 0 radical (unpaired) electrons. The molecule has 2 atom stereocenters. The Hall–Kier alpha value is -0.670. The highest BCUT2D eigenvalue weighted by molar-refractivity contribution is 5.77. The summed E-state index contributed by atoms with van der Waals surface area (Å²) in [5.74, 6) is -1.60. The average Bonchev–Trinajstić information content (AvgIpc) is 2.63. The van der Waals surface area contributed by atoms with Crippen LogP contribution in [-0.2, 0) is 4.79 Å². The minimum absolute atomic E-state index is 0.0447. The summed E-state index contributed by atoms with van der Waals surface area (Å²) < 4.78 is 26.1. The van der Waals surface area contributed by atoms with Gasteiger partial charge in [0.2, 0.25) is 11.8 Å². The average molecular weight is 259 g/mol. The van der Waals surface area contributed by atoms with Gasteiger partial charge in [0.05, 0.1) is 0 Å². The molecule has 2 nitrogen and oxygen atoms in total. The first-order valence-corrected chi connectivity index (χ1v) is 7.06. The highest BCUT2D eigenvalue weighted by Crippen LogP contribution is 2.38. The van der Waals surface area contributed by atoms with Crippen LogP contribution in [0, 0.1) is 11.8 Å². The van der Waals surface area contributed by atoms with Gasteiger partial charge >= 0.3 is 0 Å². The number of hydrogen-bond donors (Lipinski definition) is 0. The van der Waals surface area contributed by atoms with Gasteiger partial charge in [0.25, 0.3) is 0 Å². The summed E-state index contributed by atoms with van der Waals surface area (Å²) in [6.45, 7) is 5.09.